The van der Waals surface area contributed by atoms with Gasteiger partial charge < -0.3 is 5.11 Å². The minimum atomic E-state index is -1.10. The van der Waals surface area contributed by atoms with Gasteiger partial charge in [0.2, 0.25) is 0 Å². The summed E-state index contributed by atoms with van der Waals surface area (Å²) in [4.78, 5) is 10.7. The molecule has 3 nitrogen and oxygen atoms in total. The number of carbonyl (C=O) groups is 1. The molecule has 0 bridgehead atoms. The molecule has 1 saturated carbocycles. The minimum Gasteiger partial charge on any atom is -0.481 e. The molecule has 0 heterocycles. The first-order valence-corrected chi connectivity index (χ1v) is 7.71. The molecule has 5 heteroatoms. The Kier molecular flexibility index (Phi) is 4.04. The van der Waals surface area contributed by atoms with Crippen LogP contribution >= 0.6 is 0 Å². The maximum absolute atomic E-state index is 13.0. The Labute approximate surface area is 114 Å². The van der Waals surface area contributed by atoms with Gasteiger partial charge in [-0.1, -0.05) is 6.07 Å². The molecule has 1 fully saturated rings. The number of rotatable bonds is 6. The predicted octanol–water partition coefficient (Wildman–Crippen LogP) is 2.64. The number of hydrogen-bond donors (Lipinski definition) is 1. The van der Waals surface area contributed by atoms with Gasteiger partial charge in [-0.3, -0.25) is 9.00 Å². The summed E-state index contributed by atoms with van der Waals surface area (Å²) in [6.45, 7) is 1.79. The molecule has 1 atom stereocenters. The van der Waals surface area contributed by atoms with Crippen molar-refractivity contribution in [2.75, 3.05) is 5.75 Å². The summed E-state index contributed by atoms with van der Waals surface area (Å²) in [7, 11) is -1.10. The lowest BCUT2D eigenvalue weighted by Gasteiger charge is -2.12. The third-order valence-corrected chi connectivity index (χ3v) is 5.14. The van der Waals surface area contributed by atoms with Gasteiger partial charge in [0.25, 0.3) is 0 Å². The zero-order valence-corrected chi connectivity index (χ0v) is 11.6. The standard InChI is InChI=1S/C14H17FO3S/c1-10-6-12(15)3-2-11(10)8-19(18)9-14(4-5-14)7-13(16)17/h2-3,6H,4-5,7-9H2,1H3,(H,16,17). The number of hydrogen-bond acceptors (Lipinski definition) is 2. The van der Waals surface area contributed by atoms with Crippen LogP contribution in [-0.2, 0) is 21.3 Å². The largest absolute Gasteiger partial charge is 0.481 e. The summed E-state index contributed by atoms with van der Waals surface area (Å²) in [6, 6.07) is 4.44. The zero-order chi connectivity index (χ0) is 14.0. The van der Waals surface area contributed by atoms with E-state index in [-0.39, 0.29) is 17.7 Å². The predicted molar refractivity (Wildman–Crippen MR) is 71.8 cm³/mol. The lowest BCUT2D eigenvalue weighted by atomic mass is 10.1. The molecule has 0 aromatic heterocycles. The van der Waals surface area contributed by atoms with E-state index in [1.807, 2.05) is 0 Å². The van der Waals surface area contributed by atoms with Crippen molar-refractivity contribution in [3.05, 3.63) is 35.1 Å². The molecule has 1 aromatic carbocycles. The molecule has 1 unspecified atom stereocenters. The van der Waals surface area contributed by atoms with Gasteiger partial charge in [0, 0.05) is 22.3 Å². The summed E-state index contributed by atoms with van der Waals surface area (Å²) < 4.78 is 25.1. The molecule has 104 valence electrons. The van der Waals surface area contributed by atoms with Gasteiger partial charge in [0.05, 0.1) is 6.42 Å². The van der Waals surface area contributed by atoms with E-state index in [0.29, 0.717) is 11.5 Å². The Morgan fingerprint density at radius 2 is 2.16 bits per heavy atom. The molecule has 0 saturated heterocycles. The summed E-state index contributed by atoms with van der Waals surface area (Å²) in [6.07, 6.45) is 1.78. The molecule has 1 aromatic rings. The number of halogens is 1. The Bertz CT molecular complexity index is 523. The Morgan fingerprint density at radius 1 is 1.47 bits per heavy atom. The summed E-state index contributed by atoms with van der Waals surface area (Å²) in [5.74, 6) is -0.326. The van der Waals surface area contributed by atoms with Crippen LogP contribution in [0.15, 0.2) is 18.2 Å². The topological polar surface area (TPSA) is 54.4 Å². The van der Waals surface area contributed by atoms with Crippen molar-refractivity contribution >= 4 is 16.8 Å². The number of aliphatic carboxylic acids is 1. The van der Waals surface area contributed by atoms with Crippen molar-refractivity contribution in [2.45, 2.75) is 31.9 Å². The fourth-order valence-electron chi connectivity index (χ4n) is 2.26. The Hall–Kier alpha value is -1.23. The van der Waals surface area contributed by atoms with Gasteiger partial charge in [-0.2, -0.15) is 0 Å². The number of aryl methyl sites for hydroxylation is 1. The van der Waals surface area contributed by atoms with E-state index in [0.717, 1.165) is 24.0 Å². The van der Waals surface area contributed by atoms with Crippen molar-refractivity contribution in [1.82, 2.24) is 0 Å². The van der Waals surface area contributed by atoms with Crippen molar-refractivity contribution in [1.29, 1.82) is 0 Å². The molecule has 0 spiro atoms. The van der Waals surface area contributed by atoms with Crippen molar-refractivity contribution in [3.8, 4) is 0 Å². The first-order chi connectivity index (χ1) is 8.90. The van der Waals surface area contributed by atoms with E-state index < -0.39 is 16.8 Å². The van der Waals surface area contributed by atoms with Crippen LogP contribution in [-0.4, -0.2) is 21.0 Å². The van der Waals surface area contributed by atoms with Crippen molar-refractivity contribution in [3.63, 3.8) is 0 Å². The molecule has 1 N–H and O–H groups in total. The quantitative estimate of drug-likeness (QED) is 0.873. The average molecular weight is 284 g/mol. The minimum absolute atomic E-state index is 0.0984. The van der Waals surface area contributed by atoms with Crippen LogP contribution in [0.1, 0.15) is 30.4 Å². The number of carboxylic acids is 1. The average Bonchev–Trinajstić information content (AvgIpc) is 3.00. The summed E-state index contributed by atoms with van der Waals surface area (Å²) in [5.41, 5.74) is 1.40. The molecule has 2 rings (SSSR count). The second-order valence-electron chi connectivity index (χ2n) is 5.37. The third kappa shape index (κ3) is 3.86. The first-order valence-electron chi connectivity index (χ1n) is 6.22. The molecular formula is C14H17FO3S. The Balaban J connectivity index is 1.96. The van der Waals surface area contributed by atoms with Crippen LogP contribution in [0.5, 0.6) is 0 Å². The van der Waals surface area contributed by atoms with Gasteiger partial charge in [-0.15, -0.1) is 0 Å². The van der Waals surface area contributed by atoms with Crippen LogP contribution in [0.3, 0.4) is 0 Å². The van der Waals surface area contributed by atoms with Gasteiger partial charge >= 0.3 is 5.97 Å². The lowest BCUT2D eigenvalue weighted by molar-refractivity contribution is -0.138. The van der Waals surface area contributed by atoms with Crippen LogP contribution in [0.4, 0.5) is 4.39 Å². The molecule has 0 aliphatic heterocycles. The normalized spacial score (nSPS) is 18.0. The van der Waals surface area contributed by atoms with Crippen molar-refractivity contribution < 1.29 is 18.5 Å². The second kappa shape index (κ2) is 5.41. The maximum Gasteiger partial charge on any atom is 0.303 e. The SMILES string of the molecule is Cc1cc(F)ccc1CS(=O)CC1(CC(=O)O)CC1. The smallest absolute Gasteiger partial charge is 0.303 e. The number of benzene rings is 1. The van der Waals surface area contributed by atoms with Crippen LogP contribution < -0.4 is 0 Å². The van der Waals surface area contributed by atoms with Crippen molar-refractivity contribution in [2.24, 2.45) is 5.41 Å². The van der Waals surface area contributed by atoms with Crippen LogP contribution in [0.25, 0.3) is 0 Å². The monoisotopic (exact) mass is 284 g/mol. The highest BCUT2D eigenvalue weighted by atomic mass is 32.2. The van der Waals surface area contributed by atoms with E-state index in [2.05, 4.69) is 0 Å². The third-order valence-electron chi connectivity index (χ3n) is 3.57. The molecule has 19 heavy (non-hydrogen) atoms. The van der Waals surface area contributed by atoms with Gasteiger partial charge in [-0.05, 0) is 48.4 Å². The fraction of sp³-hybridized carbons (Fsp3) is 0.500. The molecule has 1 aliphatic rings. The van der Waals surface area contributed by atoms with E-state index in [9.17, 15) is 13.4 Å². The van der Waals surface area contributed by atoms with E-state index >= 15 is 0 Å². The highest BCUT2D eigenvalue weighted by Crippen LogP contribution is 2.49. The van der Waals surface area contributed by atoms with Gasteiger partial charge in [0.1, 0.15) is 5.82 Å². The van der Waals surface area contributed by atoms with E-state index in [4.69, 9.17) is 5.11 Å². The highest BCUT2D eigenvalue weighted by molar-refractivity contribution is 7.84. The second-order valence-corrected chi connectivity index (χ2v) is 6.83. The fourth-order valence-corrected chi connectivity index (χ4v) is 4.10. The maximum atomic E-state index is 13.0. The summed E-state index contributed by atoms with van der Waals surface area (Å²) >= 11 is 0. The van der Waals surface area contributed by atoms with E-state index in [1.54, 1.807) is 13.0 Å². The molecule has 0 amide bonds. The number of carboxylic acid groups (broad SMARTS) is 1. The molecule has 1 aliphatic carbocycles. The van der Waals surface area contributed by atoms with E-state index in [1.165, 1.54) is 12.1 Å². The molecule has 0 radical (unpaired) electrons. The zero-order valence-electron chi connectivity index (χ0n) is 10.8. The first kappa shape index (κ1) is 14.2. The summed E-state index contributed by atoms with van der Waals surface area (Å²) in [5, 5.41) is 8.83. The Morgan fingerprint density at radius 3 is 2.68 bits per heavy atom. The van der Waals surface area contributed by atoms with Gasteiger partial charge in [-0.25, -0.2) is 4.39 Å². The van der Waals surface area contributed by atoms with Crippen LogP contribution in [0, 0.1) is 18.2 Å². The van der Waals surface area contributed by atoms with Crippen LogP contribution in [0.2, 0.25) is 0 Å². The molecular weight excluding hydrogens is 267 g/mol. The van der Waals surface area contributed by atoms with Gasteiger partial charge in [0.15, 0.2) is 0 Å². The highest BCUT2D eigenvalue weighted by Gasteiger charge is 2.45. The lowest BCUT2D eigenvalue weighted by Crippen LogP contribution is -2.17.